The van der Waals surface area contributed by atoms with Gasteiger partial charge in [0.05, 0.1) is 6.61 Å². The number of hydrogen-bond donors (Lipinski definition) is 0. The monoisotopic (exact) mass is 519 g/mol. The molecule has 0 N–H and O–H groups in total. The Kier molecular flexibility index (Phi) is 7.51. The molecule has 0 aromatic carbocycles. The van der Waals surface area contributed by atoms with E-state index >= 15 is 0 Å². The van der Waals surface area contributed by atoms with Crippen LogP contribution >= 0.6 is 0 Å². The van der Waals surface area contributed by atoms with E-state index in [0.29, 0.717) is 12.4 Å². The lowest BCUT2D eigenvalue weighted by Crippen LogP contribution is -2.46. The summed E-state index contributed by atoms with van der Waals surface area (Å²) in [5, 5.41) is 4.10. The molecule has 0 aliphatic carbocycles. The molecule has 11 heteroatoms. The van der Waals surface area contributed by atoms with Crippen molar-refractivity contribution < 1.29 is 13.6 Å². The van der Waals surface area contributed by atoms with Crippen LogP contribution in [-0.2, 0) is 13.6 Å². The maximum atomic E-state index is 13.1. The van der Waals surface area contributed by atoms with Crippen molar-refractivity contribution in [3.05, 3.63) is 47.6 Å². The molecule has 0 saturated carbocycles. The van der Waals surface area contributed by atoms with Crippen molar-refractivity contribution in [1.29, 1.82) is 0 Å². The minimum absolute atomic E-state index is 0.0201. The van der Waals surface area contributed by atoms with Gasteiger partial charge in [-0.15, -0.1) is 0 Å². The van der Waals surface area contributed by atoms with Crippen LogP contribution in [0.15, 0.2) is 41.9 Å². The molecule has 0 spiro atoms. The lowest BCUT2D eigenvalue weighted by atomic mass is 10.1. The van der Waals surface area contributed by atoms with Crippen LogP contribution in [-0.4, -0.2) is 59.8 Å². The number of nitrogens with zero attached hydrogens (tertiary/aromatic N) is 5. The van der Waals surface area contributed by atoms with Crippen molar-refractivity contribution in [2.75, 3.05) is 6.61 Å². The highest BCUT2D eigenvalue weighted by molar-refractivity contribution is 6.74. The lowest BCUT2D eigenvalue weighted by molar-refractivity contribution is -0.0483. The number of rotatable bonds is 7. The van der Waals surface area contributed by atoms with Gasteiger partial charge in [0.2, 0.25) is 0 Å². The van der Waals surface area contributed by atoms with Gasteiger partial charge < -0.3 is 13.6 Å². The predicted octanol–water partition coefficient (Wildman–Crippen LogP) is 4.69. The molecular weight excluding hydrogens is 478 g/mol. The minimum Gasteiger partial charge on any atom is -0.414 e. The SMILES string of the molecule is C=C1[C@@H](O[Si](C)(C)C(C)(C)C)[C@H](n2ccc(-n3cncn3)nc2=O)O[C@@H]1CO[Si](C)(C)C(C)(C)C. The Balaban J connectivity index is 1.94. The van der Waals surface area contributed by atoms with Gasteiger partial charge in [-0.3, -0.25) is 4.57 Å². The Morgan fingerprint density at radius 1 is 1.09 bits per heavy atom. The van der Waals surface area contributed by atoms with Crippen molar-refractivity contribution >= 4 is 16.6 Å². The maximum absolute atomic E-state index is 13.1. The molecule has 1 aliphatic rings. The van der Waals surface area contributed by atoms with Crippen LogP contribution in [0.4, 0.5) is 0 Å². The van der Waals surface area contributed by atoms with E-state index in [9.17, 15) is 4.79 Å². The zero-order valence-corrected chi connectivity index (χ0v) is 24.8. The number of aromatic nitrogens is 5. The fraction of sp³-hybridized carbons (Fsp3) is 0.667. The first kappa shape index (κ1) is 27.7. The van der Waals surface area contributed by atoms with Gasteiger partial charge in [0.1, 0.15) is 24.9 Å². The molecule has 0 amide bonds. The molecule has 0 radical (unpaired) electrons. The van der Waals surface area contributed by atoms with Crippen molar-refractivity contribution in [1.82, 2.24) is 24.3 Å². The van der Waals surface area contributed by atoms with Crippen LogP contribution in [0.1, 0.15) is 47.8 Å². The highest BCUT2D eigenvalue weighted by atomic mass is 28.4. The zero-order chi connectivity index (χ0) is 26.4. The van der Waals surface area contributed by atoms with E-state index in [2.05, 4.69) is 89.4 Å². The fourth-order valence-corrected chi connectivity index (χ4v) is 5.49. The van der Waals surface area contributed by atoms with E-state index in [0.717, 1.165) is 5.57 Å². The van der Waals surface area contributed by atoms with Gasteiger partial charge in [-0.1, -0.05) is 48.1 Å². The van der Waals surface area contributed by atoms with E-state index in [1.165, 1.54) is 21.9 Å². The summed E-state index contributed by atoms with van der Waals surface area (Å²) in [6, 6.07) is 1.71. The third kappa shape index (κ3) is 5.74. The van der Waals surface area contributed by atoms with Gasteiger partial charge in [0, 0.05) is 6.20 Å². The van der Waals surface area contributed by atoms with Crippen LogP contribution in [0.3, 0.4) is 0 Å². The average molecular weight is 520 g/mol. The Labute approximate surface area is 210 Å². The maximum Gasteiger partial charge on any atom is 0.351 e. The van der Waals surface area contributed by atoms with Gasteiger partial charge in [0.15, 0.2) is 28.7 Å². The Hall–Kier alpha value is -1.93. The van der Waals surface area contributed by atoms with Crippen molar-refractivity contribution in [3.8, 4) is 5.82 Å². The Bertz CT molecular complexity index is 1100. The Morgan fingerprint density at radius 2 is 1.71 bits per heavy atom. The smallest absolute Gasteiger partial charge is 0.351 e. The molecule has 1 saturated heterocycles. The molecule has 9 nitrogen and oxygen atoms in total. The molecular formula is C24H41N5O4Si2. The molecule has 0 bridgehead atoms. The van der Waals surface area contributed by atoms with E-state index in [4.69, 9.17) is 13.6 Å². The second-order valence-corrected chi connectivity index (χ2v) is 21.8. The second kappa shape index (κ2) is 9.51. The third-order valence-corrected chi connectivity index (χ3v) is 16.7. The topological polar surface area (TPSA) is 93.3 Å². The highest BCUT2D eigenvalue weighted by Crippen LogP contribution is 2.44. The van der Waals surface area contributed by atoms with Crippen molar-refractivity contribution in [2.24, 2.45) is 0 Å². The van der Waals surface area contributed by atoms with Gasteiger partial charge in [-0.25, -0.2) is 14.5 Å². The standard InChI is InChI=1S/C24H41N5O4Si2/c1-17-18(14-31-34(8,9)23(2,3)4)32-21(20(17)33-35(10,11)24(5,6)7)28-13-12-19(27-22(28)30)29-16-25-15-26-29/h12-13,15-16,18,20-21H,1,14H2,2-11H3/t18-,20-,21-/m1/s1. The Morgan fingerprint density at radius 3 is 2.23 bits per heavy atom. The molecule has 2 aromatic heterocycles. The summed E-state index contributed by atoms with van der Waals surface area (Å²) in [6.45, 7) is 26.7. The molecule has 1 fully saturated rings. The molecule has 3 rings (SSSR count). The fourth-order valence-electron chi connectivity index (χ4n) is 3.23. The summed E-state index contributed by atoms with van der Waals surface area (Å²) in [6.07, 6.45) is 3.01. The van der Waals surface area contributed by atoms with Crippen LogP contribution in [0.25, 0.3) is 5.82 Å². The largest absolute Gasteiger partial charge is 0.414 e. The predicted molar refractivity (Wildman–Crippen MR) is 142 cm³/mol. The normalized spacial score (nSPS) is 22.1. The van der Waals surface area contributed by atoms with Crippen LogP contribution < -0.4 is 5.69 Å². The molecule has 2 aromatic rings. The molecule has 3 atom stereocenters. The highest BCUT2D eigenvalue weighted by Gasteiger charge is 2.48. The molecule has 0 unspecified atom stereocenters. The van der Waals surface area contributed by atoms with Crippen LogP contribution in [0.2, 0.25) is 36.3 Å². The molecule has 3 heterocycles. The first-order chi connectivity index (χ1) is 15.9. The first-order valence-electron chi connectivity index (χ1n) is 12.0. The summed E-state index contributed by atoms with van der Waals surface area (Å²) in [5.41, 5.74) is 0.344. The summed E-state index contributed by atoms with van der Waals surface area (Å²) in [4.78, 5) is 21.2. The van der Waals surface area contributed by atoms with Crippen molar-refractivity contribution in [2.45, 2.75) is 96.2 Å². The summed E-state index contributed by atoms with van der Waals surface area (Å²) in [7, 11) is -4.21. The quantitative estimate of drug-likeness (QED) is 0.387. The summed E-state index contributed by atoms with van der Waals surface area (Å²) >= 11 is 0. The van der Waals surface area contributed by atoms with E-state index in [1.807, 2.05) is 0 Å². The summed E-state index contributed by atoms with van der Waals surface area (Å²) in [5.74, 6) is 0.389. The molecule has 194 valence electrons. The van der Waals surface area contributed by atoms with Gasteiger partial charge >= 0.3 is 5.69 Å². The summed E-state index contributed by atoms with van der Waals surface area (Å²) < 4.78 is 22.6. The van der Waals surface area contributed by atoms with E-state index in [-0.39, 0.29) is 16.2 Å². The molecule has 35 heavy (non-hydrogen) atoms. The van der Waals surface area contributed by atoms with Crippen molar-refractivity contribution in [3.63, 3.8) is 0 Å². The lowest BCUT2D eigenvalue weighted by Gasteiger charge is -2.39. The van der Waals surface area contributed by atoms with Gasteiger partial charge in [-0.2, -0.15) is 10.1 Å². The zero-order valence-electron chi connectivity index (χ0n) is 22.8. The van der Waals surface area contributed by atoms with Gasteiger partial charge in [-0.05, 0) is 47.9 Å². The molecule has 1 aliphatic heterocycles. The van der Waals surface area contributed by atoms with Crippen LogP contribution in [0.5, 0.6) is 0 Å². The second-order valence-electron chi connectivity index (χ2n) is 12.3. The number of ether oxygens (including phenoxy) is 1. The van der Waals surface area contributed by atoms with Gasteiger partial charge in [0.25, 0.3) is 0 Å². The average Bonchev–Trinajstić information content (AvgIpc) is 3.34. The van der Waals surface area contributed by atoms with E-state index < -0.39 is 34.7 Å². The first-order valence-corrected chi connectivity index (χ1v) is 17.9. The van der Waals surface area contributed by atoms with E-state index in [1.54, 1.807) is 12.3 Å². The minimum atomic E-state index is -2.21. The number of hydrogen-bond acceptors (Lipinski definition) is 7. The van der Waals surface area contributed by atoms with Crippen LogP contribution in [0, 0.1) is 0 Å². The third-order valence-electron chi connectivity index (χ3n) is 7.71.